The molecule has 0 saturated heterocycles. The van der Waals surface area contributed by atoms with Crippen molar-refractivity contribution in [3.05, 3.63) is 35.7 Å². The molecule has 2 aromatic rings. The molecule has 2 rings (SSSR count). The Morgan fingerprint density at radius 1 is 1.35 bits per heavy atom. The molecule has 1 aromatic heterocycles. The van der Waals surface area contributed by atoms with Crippen molar-refractivity contribution in [2.75, 3.05) is 17.6 Å². The number of anilines is 1. The van der Waals surface area contributed by atoms with Gasteiger partial charge in [-0.05, 0) is 18.5 Å². The van der Waals surface area contributed by atoms with E-state index in [9.17, 15) is 8.42 Å². The molecule has 0 fully saturated rings. The number of hydrogen-bond donors (Lipinski definition) is 1. The molecule has 0 bridgehead atoms. The molecule has 0 radical (unpaired) electrons. The summed E-state index contributed by atoms with van der Waals surface area (Å²) in [6, 6.07) is 9.47. The van der Waals surface area contributed by atoms with Crippen molar-refractivity contribution in [1.82, 2.24) is 4.37 Å². The van der Waals surface area contributed by atoms with E-state index in [4.69, 9.17) is 4.74 Å². The Morgan fingerprint density at radius 3 is 2.70 bits per heavy atom. The zero-order chi connectivity index (χ0) is 14.6. The molecule has 5 nitrogen and oxygen atoms in total. The van der Waals surface area contributed by atoms with Crippen LogP contribution in [0.4, 0.5) is 5.69 Å². The van der Waals surface area contributed by atoms with E-state index in [0.29, 0.717) is 11.4 Å². The molecular weight excluding hydrogens is 296 g/mol. The predicted molar refractivity (Wildman–Crippen MR) is 81.4 cm³/mol. The van der Waals surface area contributed by atoms with Gasteiger partial charge in [0.25, 0.3) is 0 Å². The largest absolute Gasteiger partial charge is 0.381 e. The van der Waals surface area contributed by atoms with Gasteiger partial charge in [-0.2, -0.15) is 4.37 Å². The number of nitrogens with one attached hydrogen (secondary N) is 1. The van der Waals surface area contributed by atoms with Crippen molar-refractivity contribution in [1.29, 1.82) is 0 Å². The lowest BCUT2D eigenvalue weighted by Gasteiger charge is -2.12. The fourth-order valence-electron chi connectivity index (χ4n) is 1.70. The molecule has 0 aliphatic rings. The summed E-state index contributed by atoms with van der Waals surface area (Å²) in [6.07, 6.45) is -0.362. The summed E-state index contributed by atoms with van der Waals surface area (Å²) in [4.78, 5) is 0. The highest BCUT2D eigenvalue weighted by Gasteiger charge is 2.18. The first-order valence-electron chi connectivity index (χ1n) is 6.05. The monoisotopic (exact) mass is 312 g/mol. The number of ether oxygens (including phenoxy) is 1. The topological polar surface area (TPSA) is 68.3 Å². The maximum Gasteiger partial charge on any atom is 0.235 e. The minimum Gasteiger partial charge on any atom is -0.381 e. The summed E-state index contributed by atoms with van der Waals surface area (Å²) >= 11 is 1.22. The number of methoxy groups -OCH3 is 1. The molecule has 7 heteroatoms. The van der Waals surface area contributed by atoms with Crippen molar-refractivity contribution < 1.29 is 13.2 Å². The maximum atomic E-state index is 12.0. The quantitative estimate of drug-likeness (QED) is 0.890. The SMILES string of the molecule is CO[C@@H](C)CS(=O)(=O)Nc1csnc1-c1ccccc1. The summed E-state index contributed by atoms with van der Waals surface area (Å²) in [5.74, 6) is -0.0897. The third kappa shape index (κ3) is 3.78. The molecule has 20 heavy (non-hydrogen) atoms. The third-order valence-corrected chi connectivity index (χ3v) is 4.81. The van der Waals surface area contributed by atoms with Gasteiger partial charge in [0.2, 0.25) is 10.0 Å². The molecular formula is C13H16N2O3S2. The molecule has 0 amide bonds. The molecule has 0 saturated carbocycles. The van der Waals surface area contributed by atoms with E-state index in [0.717, 1.165) is 5.56 Å². The Labute approximate surface area is 122 Å². The zero-order valence-corrected chi connectivity index (χ0v) is 12.9. The van der Waals surface area contributed by atoms with Gasteiger partial charge in [-0.1, -0.05) is 30.3 Å². The molecule has 0 aliphatic heterocycles. The predicted octanol–water partition coefficient (Wildman–Crippen LogP) is 2.59. The minimum atomic E-state index is -3.45. The smallest absolute Gasteiger partial charge is 0.235 e. The van der Waals surface area contributed by atoms with E-state index >= 15 is 0 Å². The van der Waals surface area contributed by atoms with Crippen LogP contribution in [-0.4, -0.2) is 31.8 Å². The number of nitrogens with zero attached hydrogens (tertiary/aromatic N) is 1. The number of aromatic nitrogens is 1. The van der Waals surface area contributed by atoms with Crippen LogP contribution in [0.3, 0.4) is 0 Å². The molecule has 1 N–H and O–H groups in total. The summed E-state index contributed by atoms with van der Waals surface area (Å²) in [7, 11) is -1.97. The summed E-state index contributed by atoms with van der Waals surface area (Å²) in [5, 5.41) is 1.69. The van der Waals surface area contributed by atoms with Gasteiger partial charge in [-0.15, -0.1) is 0 Å². The highest BCUT2D eigenvalue weighted by molar-refractivity contribution is 7.92. The first-order valence-corrected chi connectivity index (χ1v) is 8.54. The van der Waals surface area contributed by atoms with Crippen molar-refractivity contribution in [2.45, 2.75) is 13.0 Å². The van der Waals surface area contributed by atoms with Gasteiger partial charge in [-0.3, -0.25) is 4.72 Å². The molecule has 1 atom stereocenters. The van der Waals surface area contributed by atoms with Crippen molar-refractivity contribution in [3.8, 4) is 11.3 Å². The summed E-state index contributed by atoms with van der Waals surface area (Å²) in [5.41, 5.74) is 2.03. The third-order valence-electron chi connectivity index (χ3n) is 2.74. The van der Waals surface area contributed by atoms with Crippen molar-refractivity contribution in [2.24, 2.45) is 0 Å². The Hall–Kier alpha value is -1.44. The summed E-state index contributed by atoms with van der Waals surface area (Å²) in [6.45, 7) is 1.71. The van der Waals surface area contributed by atoms with Crippen LogP contribution in [0.2, 0.25) is 0 Å². The average Bonchev–Trinajstić information content (AvgIpc) is 2.86. The first kappa shape index (κ1) is 15.0. The lowest BCUT2D eigenvalue weighted by atomic mass is 10.1. The molecule has 0 unspecified atom stereocenters. The van der Waals surface area contributed by atoms with E-state index in [-0.39, 0.29) is 11.9 Å². The van der Waals surface area contributed by atoms with Crippen LogP contribution in [0.5, 0.6) is 0 Å². The second-order valence-electron chi connectivity index (χ2n) is 4.37. The molecule has 108 valence electrons. The molecule has 0 spiro atoms. The Morgan fingerprint density at radius 2 is 2.05 bits per heavy atom. The highest BCUT2D eigenvalue weighted by atomic mass is 32.2. The Balaban J connectivity index is 2.22. The van der Waals surface area contributed by atoms with Gasteiger partial charge in [0.05, 0.1) is 17.5 Å². The lowest BCUT2D eigenvalue weighted by Crippen LogP contribution is -2.25. The molecule has 1 heterocycles. The number of benzene rings is 1. The van der Waals surface area contributed by atoms with Gasteiger partial charge in [-0.25, -0.2) is 8.42 Å². The van der Waals surface area contributed by atoms with Crippen LogP contribution in [0.1, 0.15) is 6.92 Å². The maximum absolute atomic E-state index is 12.0. The Bertz CT molecular complexity index is 653. The fourth-order valence-corrected chi connectivity index (χ4v) is 3.74. The Kier molecular flexibility index (Phi) is 4.74. The fraction of sp³-hybridized carbons (Fsp3) is 0.308. The zero-order valence-electron chi connectivity index (χ0n) is 11.2. The number of sulfonamides is 1. The van der Waals surface area contributed by atoms with Crippen LogP contribution in [0.15, 0.2) is 35.7 Å². The van der Waals surface area contributed by atoms with E-state index in [1.807, 2.05) is 30.3 Å². The summed E-state index contributed by atoms with van der Waals surface area (Å²) < 4.78 is 35.9. The second kappa shape index (κ2) is 6.34. The van der Waals surface area contributed by atoms with Gasteiger partial charge < -0.3 is 4.74 Å². The van der Waals surface area contributed by atoms with Crippen LogP contribution < -0.4 is 4.72 Å². The van der Waals surface area contributed by atoms with Gasteiger partial charge >= 0.3 is 0 Å². The number of hydrogen-bond acceptors (Lipinski definition) is 5. The van der Waals surface area contributed by atoms with E-state index in [1.165, 1.54) is 18.6 Å². The normalized spacial score (nSPS) is 13.1. The minimum absolute atomic E-state index is 0.0897. The van der Waals surface area contributed by atoms with Gasteiger partial charge in [0.15, 0.2) is 0 Å². The second-order valence-corrected chi connectivity index (χ2v) is 6.77. The average molecular weight is 312 g/mol. The van der Waals surface area contributed by atoms with Crippen LogP contribution in [0.25, 0.3) is 11.3 Å². The first-order chi connectivity index (χ1) is 9.52. The van der Waals surface area contributed by atoms with Crippen molar-refractivity contribution in [3.63, 3.8) is 0 Å². The number of rotatable bonds is 6. The molecule has 1 aromatic carbocycles. The lowest BCUT2D eigenvalue weighted by molar-refractivity contribution is 0.136. The van der Waals surface area contributed by atoms with Crippen molar-refractivity contribution >= 4 is 27.2 Å². The standard InChI is InChI=1S/C13H16N2O3S2/c1-10(18-2)9-20(16,17)15-12-8-19-14-13(12)11-6-4-3-5-7-11/h3-8,10,15H,9H2,1-2H3/t10-/m0/s1. The van der Waals surface area contributed by atoms with Gasteiger partial charge in [0, 0.05) is 18.1 Å². The molecule has 0 aliphatic carbocycles. The van der Waals surface area contributed by atoms with E-state index in [1.54, 1.807) is 12.3 Å². The highest BCUT2D eigenvalue weighted by Crippen LogP contribution is 2.29. The van der Waals surface area contributed by atoms with Crippen LogP contribution >= 0.6 is 11.5 Å². The van der Waals surface area contributed by atoms with E-state index < -0.39 is 10.0 Å². The van der Waals surface area contributed by atoms with Gasteiger partial charge in [0.1, 0.15) is 5.69 Å². The van der Waals surface area contributed by atoms with Crippen LogP contribution in [0, 0.1) is 0 Å². The van der Waals surface area contributed by atoms with E-state index in [2.05, 4.69) is 9.10 Å². The van der Waals surface area contributed by atoms with Crippen LogP contribution in [-0.2, 0) is 14.8 Å².